The third-order valence-electron chi connectivity index (χ3n) is 2.31. The van der Waals surface area contributed by atoms with Gasteiger partial charge in [0.15, 0.2) is 0 Å². The van der Waals surface area contributed by atoms with Crippen molar-refractivity contribution in [2.75, 3.05) is 26.8 Å². The SMILES string of the molecule is CC1COC(CO)S1.CN1C=CC(N)=NCC1=O. The zero-order valence-corrected chi connectivity index (χ0v) is 11.4. The van der Waals surface area contributed by atoms with Crippen LogP contribution in [0.1, 0.15) is 6.92 Å². The molecule has 102 valence electrons. The van der Waals surface area contributed by atoms with Crippen LogP contribution in [0.25, 0.3) is 0 Å². The molecule has 2 aliphatic heterocycles. The lowest BCUT2D eigenvalue weighted by Gasteiger charge is -2.06. The fourth-order valence-corrected chi connectivity index (χ4v) is 2.19. The summed E-state index contributed by atoms with van der Waals surface area (Å²) >= 11 is 1.69. The first-order chi connectivity index (χ1) is 8.52. The minimum absolute atomic E-state index is 0.0447. The van der Waals surface area contributed by atoms with E-state index in [9.17, 15) is 4.79 Å². The van der Waals surface area contributed by atoms with E-state index >= 15 is 0 Å². The molecule has 0 aliphatic carbocycles. The van der Waals surface area contributed by atoms with Crippen LogP contribution in [0.5, 0.6) is 0 Å². The van der Waals surface area contributed by atoms with Crippen molar-refractivity contribution in [2.24, 2.45) is 10.7 Å². The molecule has 0 bridgehead atoms. The third-order valence-corrected chi connectivity index (χ3v) is 3.50. The topological polar surface area (TPSA) is 88.2 Å². The molecule has 0 aromatic carbocycles. The summed E-state index contributed by atoms with van der Waals surface area (Å²) in [6.45, 7) is 3.18. The van der Waals surface area contributed by atoms with Crippen LogP contribution in [0.15, 0.2) is 17.3 Å². The molecule has 2 heterocycles. The molecule has 0 spiro atoms. The summed E-state index contributed by atoms with van der Waals surface area (Å²) in [6, 6.07) is 0. The van der Waals surface area contributed by atoms with E-state index in [1.165, 1.54) is 4.90 Å². The van der Waals surface area contributed by atoms with Crippen molar-refractivity contribution >= 4 is 23.5 Å². The van der Waals surface area contributed by atoms with E-state index in [1.54, 1.807) is 31.1 Å². The summed E-state index contributed by atoms with van der Waals surface area (Å²) in [5.41, 5.74) is 5.39. The van der Waals surface area contributed by atoms with E-state index in [0.29, 0.717) is 11.1 Å². The van der Waals surface area contributed by atoms with E-state index < -0.39 is 0 Å². The van der Waals surface area contributed by atoms with Gasteiger partial charge in [-0.1, -0.05) is 6.92 Å². The Morgan fingerprint density at radius 2 is 2.44 bits per heavy atom. The number of hydrogen-bond acceptors (Lipinski definition) is 6. The van der Waals surface area contributed by atoms with Gasteiger partial charge >= 0.3 is 0 Å². The molecule has 1 saturated heterocycles. The Hall–Kier alpha value is -1.05. The summed E-state index contributed by atoms with van der Waals surface area (Å²) in [6.07, 6.45) is 3.21. The molecular formula is C11H19N3O3S. The van der Waals surface area contributed by atoms with Gasteiger partial charge in [0.25, 0.3) is 0 Å². The number of likely N-dealkylation sites (N-methyl/N-ethyl adjacent to an activating group) is 1. The molecule has 2 atom stereocenters. The molecule has 1 fully saturated rings. The number of nitrogens with zero attached hydrogens (tertiary/aromatic N) is 2. The highest BCUT2D eigenvalue weighted by Gasteiger charge is 2.20. The van der Waals surface area contributed by atoms with Gasteiger partial charge in [-0.15, -0.1) is 11.8 Å². The standard InChI is InChI=1S/C6H9N3O.C5H10O2S/c1-9-3-2-5(7)8-4-6(9)10;1-4-3-7-5(2-6)8-4/h2-3H,4H2,1H3,(H2,7,8);4-6H,2-3H2,1H3. The second kappa shape index (κ2) is 7.40. The number of aliphatic imine (C=N–C) groups is 1. The highest BCUT2D eigenvalue weighted by atomic mass is 32.2. The predicted octanol–water partition coefficient (Wildman–Crippen LogP) is -0.214. The summed E-state index contributed by atoms with van der Waals surface area (Å²) in [5, 5.41) is 9.10. The first-order valence-electron chi connectivity index (χ1n) is 5.64. The molecule has 0 radical (unpaired) electrons. The molecule has 1 amide bonds. The first-order valence-corrected chi connectivity index (χ1v) is 6.59. The van der Waals surface area contributed by atoms with Gasteiger partial charge in [0.2, 0.25) is 5.91 Å². The average Bonchev–Trinajstić information content (AvgIpc) is 2.73. The molecule has 2 unspecified atom stereocenters. The van der Waals surface area contributed by atoms with E-state index in [4.69, 9.17) is 15.6 Å². The average molecular weight is 273 g/mol. The largest absolute Gasteiger partial charge is 0.393 e. The van der Waals surface area contributed by atoms with E-state index in [2.05, 4.69) is 11.9 Å². The first kappa shape index (κ1) is 15.0. The fourth-order valence-electron chi connectivity index (χ4n) is 1.27. The molecule has 0 aromatic rings. The molecule has 0 aromatic heterocycles. The number of hydrogen-bond donors (Lipinski definition) is 2. The summed E-state index contributed by atoms with van der Waals surface area (Å²) in [5.74, 6) is 0.356. The van der Waals surface area contributed by atoms with Crippen LogP contribution in [0.3, 0.4) is 0 Å². The van der Waals surface area contributed by atoms with E-state index in [-0.39, 0.29) is 24.5 Å². The second-order valence-electron chi connectivity index (χ2n) is 3.95. The highest BCUT2D eigenvalue weighted by molar-refractivity contribution is 8.00. The summed E-state index contributed by atoms with van der Waals surface area (Å²) in [7, 11) is 1.67. The Labute approximate surface area is 111 Å². The van der Waals surface area contributed by atoms with Crippen molar-refractivity contribution in [2.45, 2.75) is 17.6 Å². The molecule has 2 aliphatic rings. The lowest BCUT2D eigenvalue weighted by molar-refractivity contribution is -0.125. The van der Waals surface area contributed by atoms with Gasteiger partial charge in [-0.05, 0) is 6.08 Å². The van der Waals surface area contributed by atoms with Gasteiger partial charge in [-0.3, -0.25) is 9.79 Å². The molecule has 7 heteroatoms. The van der Waals surface area contributed by atoms with Gasteiger partial charge in [0.05, 0.1) is 13.2 Å². The quantitative estimate of drug-likeness (QED) is 0.690. The predicted molar refractivity (Wildman–Crippen MR) is 72.3 cm³/mol. The maximum Gasteiger partial charge on any atom is 0.247 e. The number of aliphatic hydroxyl groups is 1. The number of rotatable bonds is 1. The fraction of sp³-hybridized carbons (Fsp3) is 0.636. The van der Waals surface area contributed by atoms with Gasteiger partial charge in [0.1, 0.15) is 17.8 Å². The number of amides is 1. The van der Waals surface area contributed by atoms with Crippen molar-refractivity contribution in [3.05, 3.63) is 12.3 Å². The summed E-state index contributed by atoms with van der Waals surface area (Å²) < 4.78 is 5.13. The van der Waals surface area contributed by atoms with Crippen LogP contribution in [0.2, 0.25) is 0 Å². The van der Waals surface area contributed by atoms with E-state index in [1.807, 2.05) is 0 Å². The molecule has 3 N–H and O–H groups in total. The smallest absolute Gasteiger partial charge is 0.247 e. The Morgan fingerprint density at radius 3 is 2.94 bits per heavy atom. The van der Waals surface area contributed by atoms with Crippen LogP contribution >= 0.6 is 11.8 Å². The molecule has 6 nitrogen and oxygen atoms in total. The van der Waals surface area contributed by atoms with Crippen molar-refractivity contribution in [3.63, 3.8) is 0 Å². The van der Waals surface area contributed by atoms with Crippen molar-refractivity contribution < 1.29 is 14.6 Å². The zero-order chi connectivity index (χ0) is 13.5. The van der Waals surface area contributed by atoms with Crippen molar-refractivity contribution in [3.8, 4) is 0 Å². The van der Waals surface area contributed by atoms with Gasteiger partial charge in [-0.25, -0.2) is 0 Å². The summed E-state index contributed by atoms with van der Waals surface area (Å²) in [4.78, 5) is 16.1. The lowest BCUT2D eigenvalue weighted by atomic mass is 10.5. The maximum absolute atomic E-state index is 10.9. The van der Waals surface area contributed by atoms with Crippen LogP contribution < -0.4 is 5.73 Å². The Bertz CT molecular complexity index is 346. The van der Waals surface area contributed by atoms with Crippen LogP contribution in [-0.2, 0) is 9.53 Å². The van der Waals surface area contributed by atoms with Crippen LogP contribution in [0.4, 0.5) is 0 Å². The monoisotopic (exact) mass is 273 g/mol. The molecule has 2 rings (SSSR count). The number of carbonyl (C=O) groups is 1. The third kappa shape index (κ3) is 5.07. The second-order valence-corrected chi connectivity index (χ2v) is 5.56. The Morgan fingerprint density at radius 1 is 1.72 bits per heavy atom. The number of ether oxygens (including phenoxy) is 1. The van der Waals surface area contributed by atoms with Crippen molar-refractivity contribution in [1.29, 1.82) is 0 Å². The van der Waals surface area contributed by atoms with Crippen LogP contribution in [-0.4, -0.2) is 59.2 Å². The van der Waals surface area contributed by atoms with Crippen molar-refractivity contribution in [1.82, 2.24) is 4.90 Å². The number of amidine groups is 1. The maximum atomic E-state index is 10.9. The van der Waals surface area contributed by atoms with Gasteiger partial charge in [-0.2, -0.15) is 0 Å². The minimum atomic E-state index is -0.0447. The van der Waals surface area contributed by atoms with Gasteiger partial charge < -0.3 is 20.5 Å². The highest BCUT2D eigenvalue weighted by Crippen LogP contribution is 2.25. The number of nitrogens with two attached hydrogens (primary N) is 1. The lowest BCUT2D eigenvalue weighted by Crippen LogP contribution is -2.22. The zero-order valence-electron chi connectivity index (χ0n) is 10.6. The number of aliphatic hydroxyl groups excluding tert-OH is 1. The molecular weight excluding hydrogens is 254 g/mol. The number of carbonyl (C=O) groups excluding carboxylic acids is 1. The van der Waals surface area contributed by atoms with Crippen LogP contribution in [0, 0.1) is 0 Å². The van der Waals surface area contributed by atoms with E-state index in [0.717, 1.165) is 6.61 Å². The molecule has 0 saturated carbocycles. The van der Waals surface area contributed by atoms with Gasteiger partial charge in [0, 0.05) is 18.5 Å². The minimum Gasteiger partial charge on any atom is -0.393 e. The number of thioether (sulfide) groups is 1. The molecule has 18 heavy (non-hydrogen) atoms. The Balaban J connectivity index is 0.000000184. The normalized spacial score (nSPS) is 27.4. The Kier molecular flexibility index (Phi) is 6.17.